The number of hydrogen-bond donors (Lipinski definition) is 2. The number of rotatable bonds is 5. The lowest BCUT2D eigenvalue weighted by atomic mass is 9.83. The average Bonchev–Trinajstić information content (AvgIpc) is 2.67. The summed E-state index contributed by atoms with van der Waals surface area (Å²) in [6, 6.07) is 15.9. The van der Waals surface area contributed by atoms with Crippen molar-refractivity contribution in [2.45, 2.75) is 38.0 Å². The fourth-order valence-electron chi connectivity index (χ4n) is 3.63. The molecule has 2 aromatic carbocycles. The molecule has 1 unspecified atom stereocenters. The second-order valence-electron chi connectivity index (χ2n) is 7.16. The number of amides is 1. The van der Waals surface area contributed by atoms with Crippen LogP contribution in [-0.2, 0) is 11.3 Å². The van der Waals surface area contributed by atoms with Gasteiger partial charge in [-0.05, 0) is 43.5 Å². The summed E-state index contributed by atoms with van der Waals surface area (Å²) < 4.78 is 18.9. The first-order valence-electron chi connectivity index (χ1n) is 9.22. The van der Waals surface area contributed by atoms with E-state index in [-0.39, 0.29) is 30.1 Å². The molecule has 0 aromatic heterocycles. The van der Waals surface area contributed by atoms with Crippen molar-refractivity contribution in [3.8, 4) is 0 Å². The van der Waals surface area contributed by atoms with Crippen LogP contribution in [0.25, 0.3) is 0 Å². The normalized spacial score (nSPS) is 22.3. The molecule has 0 saturated carbocycles. The average molecular weight is 371 g/mol. The number of likely N-dealkylation sites (tertiary alicyclic amines) is 1. The third kappa shape index (κ3) is 4.77. The molecule has 0 aliphatic carbocycles. The first-order valence-corrected chi connectivity index (χ1v) is 9.22. The van der Waals surface area contributed by atoms with E-state index in [0.717, 1.165) is 5.56 Å². The molecule has 27 heavy (non-hydrogen) atoms. The van der Waals surface area contributed by atoms with E-state index in [1.807, 2.05) is 43.3 Å². The van der Waals surface area contributed by atoms with Crippen LogP contribution in [-0.4, -0.2) is 35.7 Å². The number of ether oxygens (including phenoxy) is 1. The van der Waals surface area contributed by atoms with Crippen LogP contribution < -0.4 is 11.1 Å². The number of halogens is 1. The van der Waals surface area contributed by atoms with Crippen LogP contribution in [0.2, 0.25) is 0 Å². The van der Waals surface area contributed by atoms with Gasteiger partial charge in [0.05, 0.1) is 5.54 Å². The zero-order valence-electron chi connectivity index (χ0n) is 15.5. The fourth-order valence-corrected chi connectivity index (χ4v) is 3.63. The van der Waals surface area contributed by atoms with Gasteiger partial charge in [0.2, 0.25) is 0 Å². The smallest absolute Gasteiger partial charge is 0.410 e. The number of benzene rings is 2. The molecule has 1 saturated heterocycles. The maximum Gasteiger partial charge on any atom is 0.410 e. The van der Waals surface area contributed by atoms with Crippen molar-refractivity contribution in [1.82, 2.24) is 4.90 Å². The van der Waals surface area contributed by atoms with Crippen molar-refractivity contribution in [2.24, 2.45) is 5.73 Å². The van der Waals surface area contributed by atoms with E-state index < -0.39 is 0 Å². The third-order valence-electron chi connectivity index (χ3n) is 5.11. The Kier molecular flexibility index (Phi) is 5.96. The molecule has 0 spiro atoms. The number of hydrogen-bond acceptors (Lipinski definition) is 4. The van der Waals surface area contributed by atoms with Gasteiger partial charge in [-0.25, -0.2) is 9.18 Å². The van der Waals surface area contributed by atoms with Crippen molar-refractivity contribution < 1.29 is 13.9 Å². The maximum absolute atomic E-state index is 13.5. The van der Waals surface area contributed by atoms with E-state index >= 15 is 0 Å². The van der Waals surface area contributed by atoms with E-state index in [9.17, 15) is 9.18 Å². The van der Waals surface area contributed by atoms with Gasteiger partial charge < -0.3 is 20.7 Å². The Morgan fingerprint density at radius 1 is 1.30 bits per heavy atom. The summed E-state index contributed by atoms with van der Waals surface area (Å²) in [5, 5.41) is 3.39. The number of carbonyl (C=O) groups is 1. The molecule has 0 radical (unpaired) electrons. The lowest BCUT2D eigenvalue weighted by Crippen LogP contribution is -2.58. The summed E-state index contributed by atoms with van der Waals surface area (Å²) in [6.45, 7) is 3.18. The molecule has 1 heterocycles. The van der Waals surface area contributed by atoms with Crippen LogP contribution in [0.3, 0.4) is 0 Å². The Morgan fingerprint density at radius 2 is 2.07 bits per heavy atom. The molecule has 2 atom stereocenters. The van der Waals surface area contributed by atoms with Gasteiger partial charge in [-0.3, -0.25) is 0 Å². The highest BCUT2D eigenvalue weighted by Gasteiger charge is 2.39. The van der Waals surface area contributed by atoms with Crippen molar-refractivity contribution in [3.63, 3.8) is 0 Å². The van der Waals surface area contributed by atoms with Gasteiger partial charge in [0.15, 0.2) is 0 Å². The summed E-state index contributed by atoms with van der Waals surface area (Å²) in [4.78, 5) is 14.2. The highest BCUT2D eigenvalue weighted by molar-refractivity contribution is 5.68. The Morgan fingerprint density at radius 3 is 2.74 bits per heavy atom. The minimum atomic E-state index is -0.372. The van der Waals surface area contributed by atoms with Crippen molar-refractivity contribution in [2.75, 3.05) is 18.4 Å². The highest BCUT2D eigenvalue weighted by Crippen LogP contribution is 2.30. The predicted molar refractivity (Wildman–Crippen MR) is 104 cm³/mol. The van der Waals surface area contributed by atoms with Crippen LogP contribution in [0.4, 0.5) is 14.9 Å². The fraction of sp³-hybridized carbons (Fsp3) is 0.381. The van der Waals surface area contributed by atoms with Crippen molar-refractivity contribution in [1.29, 1.82) is 0 Å². The number of carbonyl (C=O) groups excluding carboxylic acids is 1. The topological polar surface area (TPSA) is 67.6 Å². The lowest BCUT2D eigenvalue weighted by Gasteiger charge is -2.45. The minimum absolute atomic E-state index is 0.0355. The second-order valence-corrected chi connectivity index (χ2v) is 7.16. The summed E-state index contributed by atoms with van der Waals surface area (Å²) in [7, 11) is 0. The SMILES string of the molecule is C[C@H]1CC(CN)(Nc2cccc(F)c2)CCN1C(=O)OCc1ccccc1. The Labute approximate surface area is 159 Å². The molecule has 1 aliphatic heterocycles. The summed E-state index contributed by atoms with van der Waals surface area (Å²) in [6.07, 6.45) is 1.02. The first kappa shape index (κ1) is 19.2. The van der Waals surface area contributed by atoms with Crippen molar-refractivity contribution in [3.05, 3.63) is 66.0 Å². The largest absolute Gasteiger partial charge is 0.445 e. The van der Waals surface area contributed by atoms with E-state index in [4.69, 9.17) is 10.5 Å². The highest BCUT2D eigenvalue weighted by atomic mass is 19.1. The van der Waals surface area contributed by atoms with Gasteiger partial charge in [0.25, 0.3) is 0 Å². The van der Waals surface area contributed by atoms with Gasteiger partial charge in [0.1, 0.15) is 12.4 Å². The molecule has 6 heteroatoms. The zero-order valence-corrected chi connectivity index (χ0v) is 15.5. The number of nitrogens with one attached hydrogen (secondary N) is 1. The quantitative estimate of drug-likeness (QED) is 0.840. The molecule has 1 aliphatic rings. The Hall–Kier alpha value is -2.60. The Balaban J connectivity index is 1.60. The molecule has 1 amide bonds. The van der Waals surface area contributed by atoms with E-state index in [2.05, 4.69) is 5.32 Å². The molecule has 2 aromatic rings. The number of piperidine rings is 1. The van der Waals surface area contributed by atoms with Gasteiger partial charge in [-0.2, -0.15) is 0 Å². The summed E-state index contributed by atoms with van der Waals surface area (Å²) in [5.41, 5.74) is 7.34. The summed E-state index contributed by atoms with van der Waals surface area (Å²) in [5.74, 6) is -0.290. The van der Waals surface area contributed by atoms with Crippen LogP contribution in [0.1, 0.15) is 25.3 Å². The maximum atomic E-state index is 13.5. The van der Waals surface area contributed by atoms with Crippen LogP contribution in [0.5, 0.6) is 0 Å². The van der Waals surface area contributed by atoms with E-state index in [1.54, 1.807) is 11.0 Å². The van der Waals surface area contributed by atoms with Crippen molar-refractivity contribution >= 4 is 11.8 Å². The van der Waals surface area contributed by atoms with Gasteiger partial charge >= 0.3 is 6.09 Å². The number of nitrogens with zero attached hydrogens (tertiary/aromatic N) is 1. The Bertz CT molecular complexity index is 771. The third-order valence-corrected chi connectivity index (χ3v) is 5.11. The molecular formula is C21H26FN3O2. The van der Waals surface area contributed by atoms with Gasteiger partial charge in [-0.1, -0.05) is 36.4 Å². The molecule has 3 N–H and O–H groups in total. The monoisotopic (exact) mass is 371 g/mol. The van der Waals surface area contributed by atoms with Crippen LogP contribution in [0.15, 0.2) is 54.6 Å². The first-order chi connectivity index (χ1) is 13.0. The number of anilines is 1. The number of nitrogens with two attached hydrogens (primary N) is 1. The van der Waals surface area contributed by atoms with Crippen LogP contribution in [0, 0.1) is 5.82 Å². The molecule has 3 rings (SSSR count). The standard InChI is InChI=1S/C21H26FN3O2/c1-16-13-21(15-23,24-19-9-5-8-18(22)12-19)10-11-25(16)20(26)27-14-17-6-3-2-4-7-17/h2-9,12,16,24H,10-11,13-15,23H2,1H3/t16-,21?/m0/s1. The van der Waals surface area contributed by atoms with Gasteiger partial charge in [0, 0.05) is 24.8 Å². The minimum Gasteiger partial charge on any atom is -0.445 e. The zero-order chi connectivity index (χ0) is 19.3. The predicted octanol–water partition coefficient (Wildman–Crippen LogP) is 3.76. The van der Waals surface area contributed by atoms with Gasteiger partial charge in [-0.15, -0.1) is 0 Å². The second kappa shape index (κ2) is 8.39. The summed E-state index contributed by atoms with van der Waals surface area (Å²) >= 11 is 0. The molecule has 1 fully saturated rings. The molecular weight excluding hydrogens is 345 g/mol. The molecule has 0 bridgehead atoms. The van der Waals surface area contributed by atoms with E-state index in [1.165, 1.54) is 12.1 Å². The molecule has 144 valence electrons. The van der Waals surface area contributed by atoms with E-state index in [0.29, 0.717) is 31.6 Å². The molecule has 5 nitrogen and oxygen atoms in total. The lowest BCUT2D eigenvalue weighted by molar-refractivity contribution is 0.0602. The van der Waals surface area contributed by atoms with Crippen LogP contribution >= 0.6 is 0 Å².